The quantitative estimate of drug-likeness (QED) is 0.719. The van der Waals surface area contributed by atoms with E-state index in [2.05, 4.69) is 0 Å². The average Bonchev–Trinajstić information content (AvgIpc) is 2.75. The van der Waals surface area contributed by atoms with Crippen LogP contribution >= 0.6 is 11.6 Å². The van der Waals surface area contributed by atoms with E-state index in [-0.39, 0.29) is 11.9 Å². The summed E-state index contributed by atoms with van der Waals surface area (Å²) in [4.78, 5) is 29.1. The van der Waals surface area contributed by atoms with Crippen LogP contribution in [0, 0.1) is 0 Å². The molecule has 1 aliphatic rings. The van der Waals surface area contributed by atoms with E-state index < -0.39 is 6.04 Å². The monoisotopic (exact) mass is 402 g/mol. The van der Waals surface area contributed by atoms with Crippen molar-refractivity contribution < 1.29 is 19.1 Å². The number of ether oxygens (including phenoxy) is 2. The Kier molecular flexibility index (Phi) is 6.54. The van der Waals surface area contributed by atoms with Gasteiger partial charge in [-0.25, -0.2) is 4.79 Å². The first kappa shape index (κ1) is 20.2. The van der Waals surface area contributed by atoms with Gasteiger partial charge in [0.1, 0.15) is 11.8 Å². The summed E-state index contributed by atoms with van der Waals surface area (Å²) in [6.45, 7) is 2.06. The number of amides is 1. The lowest BCUT2D eigenvalue weighted by molar-refractivity contribution is -0.148. The summed E-state index contributed by atoms with van der Waals surface area (Å²) in [7, 11) is 2.92. The van der Waals surface area contributed by atoms with Gasteiger partial charge in [0.05, 0.1) is 19.8 Å². The molecule has 7 heteroatoms. The number of esters is 1. The summed E-state index contributed by atoms with van der Waals surface area (Å²) in [5, 5.41) is 0.519. The molecule has 0 N–H and O–H groups in total. The maximum absolute atomic E-state index is 12.9. The van der Waals surface area contributed by atoms with Gasteiger partial charge in [-0.15, -0.1) is 0 Å². The molecule has 0 aromatic heterocycles. The molecular weight excluding hydrogens is 380 g/mol. The maximum atomic E-state index is 12.9. The number of piperazine rings is 1. The van der Waals surface area contributed by atoms with Crippen LogP contribution in [0.1, 0.15) is 22.0 Å². The molecule has 1 unspecified atom stereocenters. The molecule has 2 aromatic rings. The van der Waals surface area contributed by atoms with Crippen LogP contribution in [0.4, 0.5) is 0 Å². The summed E-state index contributed by atoms with van der Waals surface area (Å²) in [5.74, 6) is 0.112. The maximum Gasteiger partial charge on any atom is 0.327 e. The van der Waals surface area contributed by atoms with E-state index in [0.717, 1.165) is 0 Å². The molecule has 6 nitrogen and oxygen atoms in total. The second kappa shape index (κ2) is 9.08. The second-order valence-electron chi connectivity index (χ2n) is 6.48. The third-order valence-corrected chi connectivity index (χ3v) is 5.27. The Labute approximate surface area is 169 Å². The number of rotatable bonds is 5. The fourth-order valence-electron chi connectivity index (χ4n) is 3.46. The van der Waals surface area contributed by atoms with E-state index in [0.29, 0.717) is 48.1 Å². The minimum absolute atomic E-state index is 0.0792. The first-order valence-corrected chi connectivity index (χ1v) is 9.43. The first-order valence-electron chi connectivity index (χ1n) is 9.05. The van der Waals surface area contributed by atoms with Gasteiger partial charge in [-0.2, -0.15) is 0 Å². The molecule has 2 aromatic carbocycles. The number of nitrogens with zero attached hydrogens (tertiary/aromatic N) is 2. The Morgan fingerprint density at radius 3 is 2.25 bits per heavy atom. The van der Waals surface area contributed by atoms with Gasteiger partial charge in [-0.3, -0.25) is 9.69 Å². The zero-order chi connectivity index (χ0) is 20.1. The smallest absolute Gasteiger partial charge is 0.327 e. The van der Waals surface area contributed by atoms with E-state index in [4.69, 9.17) is 21.1 Å². The van der Waals surface area contributed by atoms with E-state index in [1.807, 2.05) is 35.2 Å². The molecule has 1 heterocycles. The van der Waals surface area contributed by atoms with E-state index in [1.54, 1.807) is 30.2 Å². The van der Waals surface area contributed by atoms with Gasteiger partial charge in [-0.1, -0.05) is 41.9 Å². The third-order valence-electron chi connectivity index (χ3n) is 4.93. The van der Waals surface area contributed by atoms with Gasteiger partial charge in [0.25, 0.3) is 5.91 Å². The fraction of sp³-hybridized carbons (Fsp3) is 0.333. The molecule has 0 saturated carbocycles. The summed E-state index contributed by atoms with van der Waals surface area (Å²) in [6, 6.07) is 13.8. The molecule has 1 aliphatic heterocycles. The van der Waals surface area contributed by atoms with E-state index >= 15 is 0 Å². The van der Waals surface area contributed by atoms with Crippen molar-refractivity contribution in [3.63, 3.8) is 0 Å². The number of para-hydroxylation sites is 1. The van der Waals surface area contributed by atoms with Crippen molar-refractivity contribution in [1.29, 1.82) is 0 Å². The zero-order valence-corrected chi connectivity index (χ0v) is 16.7. The van der Waals surface area contributed by atoms with Crippen LogP contribution in [-0.4, -0.2) is 62.1 Å². The summed E-state index contributed by atoms with van der Waals surface area (Å²) >= 11 is 6.32. The van der Waals surface area contributed by atoms with Crippen molar-refractivity contribution in [3.05, 3.63) is 64.7 Å². The topological polar surface area (TPSA) is 59.1 Å². The van der Waals surface area contributed by atoms with Crippen molar-refractivity contribution >= 4 is 23.5 Å². The highest BCUT2D eigenvalue weighted by Gasteiger charge is 2.34. The van der Waals surface area contributed by atoms with Crippen LogP contribution in [-0.2, 0) is 9.53 Å². The van der Waals surface area contributed by atoms with Crippen molar-refractivity contribution in [2.24, 2.45) is 0 Å². The zero-order valence-electron chi connectivity index (χ0n) is 15.9. The van der Waals surface area contributed by atoms with Crippen molar-refractivity contribution in [2.75, 3.05) is 40.4 Å². The molecule has 1 saturated heterocycles. The fourth-order valence-corrected chi connectivity index (χ4v) is 3.70. The largest absolute Gasteiger partial charge is 0.496 e. The average molecular weight is 403 g/mol. The lowest BCUT2D eigenvalue weighted by Gasteiger charge is -2.38. The Morgan fingerprint density at radius 2 is 1.61 bits per heavy atom. The normalized spacial score (nSPS) is 15.8. The summed E-state index contributed by atoms with van der Waals surface area (Å²) < 4.78 is 10.3. The second-order valence-corrected chi connectivity index (χ2v) is 6.88. The van der Waals surface area contributed by atoms with Crippen LogP contribution in [0.25, 0.3) is 0 Å². The number of benzene rings is 2. The Hall–Kier alpha value is -2.57. The van der Waals surface area contributed by atoms with Crippen LogP contribution in [0.3, 0.4) is 0 Å². The summed E-state index contributed by atoms with van der Waals surface area (Å²) in [5.41, 5.74) is 1.24. The highest BCUT2D eigenvalue weighted by atomic mass is 35.5. The van der Waals surface area contributed by atoms with Crippen LogP contribution in [0.5, 0.6) is 5.75 Å². The van der Waals surface area contributed by atoms with E-state index in [1.165, 1.54) is 7.11 Å². The van der Waals surface area contributed by atoms with Crippen molar-refractivity contribution in [1.82, 2.24) is 9.80 Å². The van der Waals surface area contributed by atoms with Gasteiger partial charge in [0.15, 0.2) is 0 Å². The Balaban J connectivity index is 1.75. The lowest BCUT2D eigenvalue weighted by atomic mass is 10.0. The molecular formula is C21H23ClN2O4. The lowest BCUT2D eigenvalue weighted by Crippen LogP contribution is -2.51. The number of hydrogen-bond acceptors (Lipinski definition) is 5. The van der Waals surface area contributed by atoms with E-state index in [9.17, 15) is 9.59 Å². The minimum Gasteiger partial charge on any atom is -0.496 e. The Morgan fingerprint density at radius 1 is 0.964 bits per heavy atom. The molecule has 0 spiro atoms. The number of halogens is 1. The number of methoxy groups -OCH3 is 2. The van der Waals surface area contributed by atoms with Gasteiger partial charge in [0, 0.05) is 31.2 Å². The van der Waals surface area contributed by atoms with Crippen molar-refractivity contribution in [2.45, 2.75) is 6.04 Å². The van der Waals surface area contributed by atoms with Gasteiger partial charge in [0.2, 0.25) is 0 Å². The molecule has 0 radical (unpaired) electrons. The predicted octanol–water partition coefficient (Wildman–Crippen LogP) is 3.02. The molecule has 28 heavy (non-hydrogen) atoms. The molecule has 1 atom stereocenters. The van der Waals surface area contributed by atoms with Crippen LogP contribution < -0.4 is 4.74 Å². The molecule has 3 rings (SSSR count). The first-order chi connectivity index (χ1) is 13.6. The Bertz CT molecular complexity index is 850. The van der Waals surface area contributed by atoms with Gasteiger partial charge < -0.3 is 14.4 Å². The number of hydrogen-bond donors (Lipinski definition) is 0. The number of carbonyl (C=O) groups is 2. The minimum atomic E-state index is -0.595. The van der Waals surface area contributed by atoms with Gasteiger partial charge in [-0.05, 0) is 23.8 Å². The highest BCUT2D eigenvalue weighted by Crippen LogP contribution is 2.30. The third kappa shape index (κ3) is 4.13. The number of carbonyl (C=O) groups excluding carboxylic acids is 2. The standard InChI is InChI=1S/C21H23ClN2O4/c1-27-18-10-6-4-8-16(18)20(25)24-13-11-23(12-14-24)19(21(26)28-2)15-7-3-5-9-17(15)22/h3-10,19H,11-14H2,1-2H3. The van der Waals surface area contributed by atoms with Crippen LogP contribution in [0.2, 0.25) is 5.02 Å². The molecule has 0 bridgehead atoms. The molecule has 0 aliphatic carbocycles. The molecule has 148 valence electrons. The summed E-state index contributed by atoms with van der Waals surface area (Å²) in [6.07, 6.45) is 0. The SMILES string of the molecule is COC(=O)C(c1ccccc1Cl)N1CCN(C(=O)c2ccccc2OC)CC1. The van der Waals surface area contributed by atoms with Crippen molar-refractivity contribution in [3.8, 4) is 5.75 Å². The predicted molar refractivity (Wildman–Crippen MR) is 107 cm³/mol. The molecule has 1 amide bonds. The van der Waals surface area contributed by atoms with Crippen LogP contribution in [0.15, 0.2) is 48.5 Å². The van der Waals surface area contributed by atoms with Gasteiger partial charge >= 0.3 is 5.97 Å². The highest BCUT2D eigenvalue weighted by molar-refractivity contribution is 6.31. The molecule has 1 fully saturated rings.